The first-order valence-electron chi connectivity index (χ1n) is 7.78. The van der Waals surface area contributed by atoms with Gasteiger partial charge in [-0.05, 0) is 31.2 Å². The van der Waals surface area contributed by atoms with Gasteiger partial charge in [0.05, 0.1) is 6.04 Å². The summed E-state index contributed by atoms with van der Waals surface area (Å²) < 4.78 is 5.35. The van der Waals surface area contributed by atoms with Crippen molar-refractivity contribution in [1.29, 1.82) is 0 Å². The zero-order chi connectivity index (χ0) is 15.5. The van der Waals surface area contributed by atoms with Gasteiger partial charge in [-0.1, -0.05) is 12.1 Å². The molecule has 1 fully saturated rings. The van der Waals surface area contributed by atoms with Crippen LogP contribution in [0.1, 0.15) is 31.6 Å². The van der Waals surface area contributed by atoms with E-state index in [0.717, 1.165) is 44.1 Å². The summed E-state index contributed by atoms with van der Waals surface area (Å²) in [5.74, 6) is 1.78. The molecule has 1 atom stereocenters. The van der Waals surface area contributed by atoms with Crippen LogP contribution in [0.25, 0.3) is 0 Å². The third-order valence-corrected chi connectivity index (χ3v) is 4.23. The zero-order valence-electron chi connectivity index (χ0n) is 13.1. The number of phenolic OH excluding ortho intramolecular Hbond substituents is 1. The van der Waals surface area contributed by atoms with Gasteiger partial charge in [0.2, 0.25) is 5.89 Å². The highest BCUT2D eigenvalue weighted by molar-refractivity contribution is 5.49. The number of anilines is 1. The predicted octanol–water partition coefficient (Wildman–Crippen LogP) is 2.22. The van der Waals surface area contributed by atoms with Crippen LogP contribution in [0.2, 0.25) is 0 Å². The molecule has 6 heteroatoms. The van der Waals surface area contributed by atoms with E-state index in [0.29, 0.717) is 11.6 Å². The van der Waals surface area contributed by atoms with Crippen molar-refractivity contribution >= 4 is 5.69 Å². The molecule has 0 unspecified atom stereocenters. The molecule has 22 heavy (non-hydrogen) atoms. The average molecular weight is 302 g/mol. The first kappa shape index (κ1) is 14.8. The van der Waals surface area contributed by atoms with Gasteiger partial charge in [0.15, 0.2) is 5.82 Å². The molecule has 1 saturated heterocycles. The van der Waals surface area contributed by atoms with Crippen molar-refractivity contribution in [3.63, 3.8) is 0 Å². The van der Waals surface area contributed by atoms with E-state index in [1.165, 1.54) is 0 Å². The van der Waals surface area contributed by atoms with Gasteiger partial charge in [0.25, 0.3) is 0 Å². The lowest BCUT2D eigenvalue weighted by Crippen LogP contribution is -2.47. The highest BCUT2D eigenvalue weighted by atomic mass is 16.5. The quantitative estimate of drug-likeness (QED) is 0.934. The third-order valence-electron chi connectivity index (χ3n) is 4.23. The molecule has 0 radical (unpaired) electrons. The van der Waals surface area contributed by atoms with E-state index in [9.17, 15) is 5.11 Å². The van der Waals surface area contributed by atoms with E-state index in [1.807, 2.05) is 19.1 Å². The highest BCUT2D eigenvalue weighted by Crippen LogP contribution is 2.24. The molecule has 0 spiro atoms. The summed E-state index contributed by atoms with van der Waals surface area (Å²) >= 11 is 0. The fourth-order valence-electron chi connectivity index (χ4n) is 2.77. The Hall–Kier alpha value is -2.08. The minimum Gasteiger partial charge on any atom is -0.508 e. The second-order valence-electron chi connectivity index (χ2n) is 5.62. The maximum atomic E-state index is 9.37. The van der Waals surface area contributed by atoms with E-state index in [-0.39, 0.29) is 6.04 Å². The number of hydrogen-bond acceptors (Lipinski definition) is 6. The highest BCUT2D eigenvalue weighted by Gasteiger charge is 2.25. The van der Waals surface area contributed by atoms with Gasteiger partial charge in [-0.15, -0.1) is 0 Å². The number of piperazine rings is 1. The van der Waals surface area contributed by atoms with E-state index < -0.39 is 0 Å². The Morgan fingerprint density at radius 2 is 1.86 bits per heavy atom. The van der Waals surface area contributed by atoms with Crippen molar-refractivity contribution in [2.75, 3.05) is 31.1 Å². The lowest BCUT2D eigenvalue weighted by Gasteiger charge is -2.38. The van der Waals surface area contributed by atoms with Crippen molar-refractivity contribution < 1.29 is 9.63 Å². The van der Waals surface area contributed by atoms with Crippen molar-refractivity contribution in [3.05, 3.63) is 36.0 Å². The topological polar surface area (TPSA) is 65.6 Å². The number of aryl methyl sites for hydroxylation is 1. The third kappa shape index (κ3) is 3.06. The molecule has 2 heterocycles. The number of hydrogen-bond donors (Lipinski definition) is 1. The number of aromatic nitrogens is 2. The second kappa shape index (κ2) is 6.36. The maximum absolute atomic E-state index is 9.37. The van der Waals surface area contributed by atoms with E-state index in [2.05, 4.69) is 26.9 Å². The number of phenols is 1. The molecule has 1 aliphatic heterocycles. The van der Waals surface area contributed by atoms with Crippen LogP contribution in [0.15, 0.2) is 28.8 Å². The number of aromatic hydroxyl groups is 1. The molecule has 0 aliphatic carbocycles. The van der Waals surface area contributed by atoms with Gasteiger partial charge < -0.3 is 14.5 Å². The Bertz CT molecular complexity index is 603. The lowest BCUT2D eigenvalue weighted by atomic mass is 10.2. The summed E-state index contributed by atoms with van der Waals surface area (Å²) in [6.45, 7) is 7.93. The Morgan fingerprint density at radius 1 is 1.18 bits per heavy atom. The van der Waals surface area contributed by atoms with Crippen molar-refractivity contribution in [2.45, 2.75) is 26.3 Å². The molecule has 118 valence electrons. The summed E-state index contributed by atoms with van der Waals surface area (Å²) in [6, 6.07) is 7.53. The SMILES string of the molecule is CCc1noc([C@@H](C)N2CCN(c3ccc(O)cc3)CC2)n1. The van der Waals surface area contributed by atoms with Gasteiger partial charge in [-0.3, -0.25) is 4.90 Å². The minimum atomic E-state index is 0.148. The van der Waals surface area contributed by atoms with Crippen LogP contribution in [0.3, 0.4) is 0 Å². The summed E-state index contributed by atoms with van der Waals surface area (Å²) in [5, 5.41) is 13.3. The van der Waals surface area contributed by atoms with Gasteiger partial charge in [-0.25, -0.2) is 0 Å². The fraction of sp³-hybridized carbons (Fsp3) is 0.500. The second-order valence-corrected chi connectivity index (χ2v) is 5.62. The molecule has 0 bridgehead atoms. The summed E-state index contributed by atoms with van der Waals surface area (Å²) in [7, 11) is 0. The zero-order valence-corrected chi connectivity index (χ0v) is 13.1. The largest absolute Gasteiger partial charge is 0.508 e. The summed E-state index contributed by atoms with van der Waals surface area (Å²) in [4.78, 5) is 9.12. The number of rotatable bonds is 4. The normalized spacial score (nSPS) is 17.6. The molecule has 1 aromatic carbocycles. The van der Waals surface area contributed by atoms with Gasteiger partial charge in [-0.2, -0.15) is 4.98 Å². The van der Waals surface area contributed by atoms with Crippen LogP contribution in [-0.2, 0) is 6.42 Å². The first-order valence-corrected chi connectivity index (χ1v) is 7.78. The smallest absolute Gasteiger partial charge is 0.243 e. The Kier molecular flexibility index (Phi) is 4.29. The standard InChI is InChI=1S/C16H22N4O2/c1-3-15-17-16(22-18-15)12(2)19-8-10-20(11-9-19)13-4-6-14(21)7-5-13/h4-7,12,21H,3,8-11H2,1-2H3/t12-/m1/s1. The molecule has 1 aliphatic rings. The van der Waals surface area contributed by atoms with Gasteiger partial charge in [0, 0.05) is 38.3 Å². The van der Waals surface area contributed by atoms with Gasteiger partial charge in [0.1, 0.15) is 5.75 Å². The number of benzene rings is 1. The van der Waals surface area contributed by atoms with Crippen LogP contribution in [0.5, 0.6) is 5.75 Å². The molecule has 3 rings (SSSR count). The average Bonchev–Trinajstić information content (AvgIpc) is 3.04. The molecule has 2 aromatic rings. The Morgan fingerprint density at radius 3 is 2.45 bits per heavy atom. The fourth-order valence-corrected chi connectivity index (χ4v) is 2.77. The summed E-state index contributed by atoms with van der Waals surface area (Å²) in [6.07, 6.45) is 0.796. The van der Waals surface area contributed by atoms with Crippen molar-refractivity contribution in [2.24, 2.45) is 0 Å². The molecular formula is C16H22N4O2. The maximum Gasteiger partial charge on any atom is 0.243 e. The molecular weight excluding hydrogens is 280 g/mol. The van der Waals surface area contributed by atoms with Crippen molar-refractivity contribution in [1.82, 2.24) is 15.0 Å². The molecule has 0 saturated carbocycles. The van der Waals surface area contributed by atoms with Crippen LogP contribution in [0, 0.1) is 0 Å². The van der Waals surface area contributed by atoms with Crippen molar-refractivity contribution in [3.8, 4) is 5.75 Å². The van der Waals surface area contributed by atoms with E-state index >= 15 is 0 Å². The van der Waals surface area contributed by atoms with E-state index in [4.69, 9.17) is 4.52 Å². The van der Waals surface area contributed by atoms with Crippen LogP contribution >= 0.6 is 0 Å². The van der Waals surface area contributed by atoms with E-state index in [1.54, 1.807) is 12.1 Å². The molecule has 1 aromatic heterocycles. The van der Waals surface area contributed by atoms with Crippen LogP contribution < -0.4 is 4.90 Å². The Balaban J connectivity index is 1.60. The van der Waals surface area contributed by atoms with Gasteiger partial charge >= 0.3 is 0 Å². The van der Waals surface area contributed by atoms with Crippen LogP contribution in [0.4, 0.5) is 5.69 Å². The molecule has 0 amide bonds. The predicted molar refractivity (Wildman–Crippen MR) is 84.0 cm³/mol. The minimum absolute atomic E-state index is 0.148. The summed E-state index contributed by atoms with van der Waals surface area (Å²) in [5.41, 5.74) is 1.15. The lowest BCUT2D eigenvalue weighted by molar-refractivity contribution is 0.164. The monoisotopic (exact) mass is 302 g/mol. The first-order chi connectivity index (χ1) is 10.7. The Labute approximate surface area is 130 Å². The van der Waals surface area contributed by atoms with Crippen LogP contribution in [-0.4, -0.2) is 46.3 Å². The molecule has 1 N–H and O–H groups in total. The molecule has 6 nitrogen and oxygen atoms in total. The number of nitrogens with zero attached hydrogens (tertiary/aromatic N) is 4.